The van der Waals surface area contributed by atoms with Gasteiger partial charge in [0, 0.05) is 24.2 Å². The normalized spacial score (nSPS) is 16.5. The molecular formula is C20H21N3O3S. The van der Waals surface area contributed by atoms with Crippen molar-refractivity contribution in [3.63, 3.8) is 0 Å². The molecule has 1 aliphatic rings. The van der Waals surface area contributed by atoms with Gasteiger partial charge in [-0.1, -0.05) is 30.3 Å². The highest BCUT2D eigenvalue weighted by Gasteiger charge is 2.28. The maximum atomic E-state index is 12.8. The summed E-state index contributed by atoms with van der Waals surface area (Å²) in [6.07, 6.45) is 1.81. The summed E-state index contributed by atoms with van der Waals surface area (Å²) >= 11 is 0. The average Bonchev–Trinajstić information content (AvgIpc) is 3.19. The Hall–Kier alpha value is -2.51. The third-order valence-electron chi connectivity index (χ3n) is 4.94. The fourth-order valence-electron chi connectivity index (χ4n) is 3.19. The van der Waals surface area contributed by atoms with Gasteiger partial charge in [-0.25, -0.2) is 8.42 Å². The number of hydrogen-bond acceptors (Lipinski definition) is 5. The Morgan fingerprint density at radius 2 is 1.63 bits per heavy atom. The van der Waals surface area contributed by atoms with Crippen molar-refractivity contribution in [1.82, 2.24) is 14.4 Å². The molecule has 1 aromatic heterocycles. The van der Waals surface area contributed by atoms with Gasteiger partial charge in [-0.05, 0) is 55.2 Å². The number of aromatic nitrogens is 2. The summed E-state index contributed by atoms with van der Waals surface area (Å²) in [5.74, 6) is 1.45. The monoisotopic (exact) mass is 383 g/mol. The predicted molar refractivity (Wildman–Crippen MR) is 102 cm³/mol. The van der Waals surface area contributed by atoms with Crippen LogP contribution in [0.25, 0.3) is 22.8 Å². The minimum Gasteiger partial charge on any atom is -0.334 e. The minimum absolute atomic E-state index is 0.299. The summed E-state index contributed by atoms with van der Waals surface area (Å²) in [5, 5.41) is 4.01. The first-order chi connectivity index (χ1) is 13.0. The number of benzene rings is 2. The van der Waals surface area contributed by atoms with E-state index in [-0.39, 0.29) is 0 Å². The van der Waals surface area contributed by atoms with Crippen molar-refractivity contribution in [2.45, 2.75) is 24.7 Å². The molecule has 0 spiro atoms. The summed E-state index contributed by atoms with van der Waals surface area (Å²) in [5.41, 5.74) is 1.56. The molecule has 0 saturated carbocycles. The van der Waals surface area contributed by atoms with Crippen molar-refractivity contribution < 1.29 is 12.9 Å². The van der Waals surface area contributed by atoms with Crippen LogP contribution in [0.1, 0.15) is 19.8 Å². The summed E-state index contributed by atoms with van der Waals surface area (Å²) in [6, 6.07) is 16.2. The van der Waals surface area contributed by atoms with E-state index in [4.69, 9.17) is 4.52 Å². The second kappa shape index (κ2) is 7.25. The van der Waals surface area contributed by atoms with Gasteiger partial charge in [0.25, 0.3) is 5.89 Å². The van der Waals surface area contributed by atoms with Gasteiger partial charge in [-0.15, -0.1) is 0 Å². The third kappa shape index (κ3) is 3.65. The maximum absolute atomic E-state index is 12.8. The smallest absolute Gasteiger partial charge is 0.258 e. The van der Waals surface area contributed by atoms with E-state index in [0.717, 1.165) is 18.4 Å². The molecule has 0 radical (unpaired) electrons. The predicted octanol–water partition coefficient (Wildman–Crippen LogP) is 3.82. The van der Waals surface area contributed by atoms with Gasteiger partial charge >= 0.3 is 0 Å². The van der Waals surface area contributed by atoms with Crippen LogP contribution < -0.4 is 0 Å². The fourth-order valence-corrected chi connectivity index (χ4v) is 4.66. The van der Waals surface area contributed by atoms with Gasteiger partial charge < -0.3 is 4.52 Å². The lowest BCUT2D eigenvalue weighted by atomic mass is 10.0. The first-order valence-corrected chi connectivity index (χ1v) is 10.5. The van der Waals surface area contributed by atoms with Crippen LogP contribution in [0.3, 0.4) is 0 Å². The largest absolute Gasteiger partial charge is 0.334 e. The molecule has 2 aromatic carbocycles. The van der Waals surface area contributed by atoms with Crippen molar-refractivity contribution >= 4 is 10.0 Å². The van der Waals surface area contributed by atoms with E-state index in [2.05, 4.69) is 17.1 Å². The van der Waals surface area contributed by atoms with Crippen LogP contribution >= 0.6 is 0 Å². The molecular weight excluding hydrogens is 362 g/mol. The molecule has 1 fully saturated rings. The maximum Gasteiger partial charge on any atom is 0.258 e. The first-order valence-electron chi connectivity index (χ1n) is 9.04. The zero-order valence-electron chi connectivity index (χ0n) is 15.1. The van der Waals surface area contributed by atoms with E-state index in [1.54, 1.807) is 28.6 Å². The van der Waals surface area contributed by atoms with Crippen molar-refractivity contribution in [2.24, 2.45) is 5.92 Å². The zero-order valence-corrected chi connectivity index (χ0v) is 15.9. The summed E-state index contributed by atoms with van der Waals surface area (Å²) in [6.45, 7) is 3.32. The quantitative estimate of drug-likeness (QED) is 0.684. The Kier molecular flexibility index (Phi) is 4.80. The van der Waals surface area contributed by atoms with Crippen LogP contribution in [0.2, 0.25) is 0 Å². The molecule has 4 rings (SSSR count). The van der Waals surface area contributed by atoms with Gasteiger partial charge in [-0.3, -0.25) is 0 Å². The summed E-state index contributed by atoms with van der Waals surface area (Å²) in [4.78, 5) is 4.70. The molecule has 3 aromatic rings. The SMILES string of the molecule is CC1CCN(S(=O)(=O)c2ccc(-c3noc(-c4ccccc4)n3)cc2)CC1. The molecule has 1 saturated heterocycles. The topological polar surface area (TPSA) is 76.3 Å². The molecule has 0 bridgehead atoms. The molecule has 0 unspecified atom stereocenters. The molecule has 6 nitrogen and oxygen atoms in total. The fraction of sp³-hybridized carbons (Fsp3) is 0.300. The molecule has 0 atom stereocenters. The van der Waals surface area contributed by atoms with Gasteiger partial charge in [0.15, 0.2) is 0 Å². The van der Waals surface area contributed by atoms with Crippen molar-refractivity contribution in [1.29, 1.82) is 0 Å². The van der Waals surface area contributed by atoms with Gasteiger partial charge in [0.2, 0.25) is 15.8 Å². The zero-order chi connectivity index (χ0) is 18.9. The first kappa shape index (κ1) is 17.9. The van der Waals surface area contributed by atoms with Crippen LogP contribution in [-0.4, -0.2) is 36.0 Å². The number of nitrogens with zero attached hydrogens (tertiary/aromatic N) is 3. The standard InChI is InChI=1S/C20H21N3O3S/c1-15-11-13-23(14-12-15)27(24,25)18-9-7-16(8-10-18)19-21-20(26-22-19)17-5-3-2-4-6-17/h2-10,15H,11-14H2,1H3. The lowest BCUT2D eigenvalue weighted by molar-refractivity contribution is 0.288. The molecule has 0 N–H and O–H groups in total. The molecule has 2 heterocycles. The van der Waals surface area contributed by atoms with E-state index in [1.165, 1.54) is 0 Å². The molecule has 27 heavy (non-hydrogen) atoms. The Labute approximate surface area is 158 Å². The Bertz CT molecular complexity index is 1010. The van der Waals surface area contributed by atoms with Gasteiger partial charge in [0.05, 0.1) is 4.90 Å². The number of sulfonamides is 1. The summed E-state index contributed by atoms with van der Waals surface area (Å²) in [7, 11) is -3.45. The van der Waals surface area contributed by atoms with E-state index < -0.39 is 10.0 Å². The lowest BCUT2D eigenvalue weighted by Crippen LogP contribution is -2.37. The van der Waals surface area contributed by atoms with Crippen LogP contribution in [0, 0.1) is 5.92 Å². The highest BCUT2D eigenvalue weighted by Crippen LogP contribution is 2.26. The average molecular weight is 383 g/mol. The number of rotatable bonds is 4. The highest BCUT2D eigenvalue weighted by molar-refractivity contribution is 7.89. The van der Waals surface area contributed by atoms with Gasteiger partial charge in [-0.2, -0.15) is 9.29 Å². The highest BCUT2D eigenvalue weighted by atomic mass is 32.2. The molecule has 0 amide bonds. The van der Waals surface area contributed by atoms with Crippen LogP contribution in [0.5, 0.6) is 0 Å². The Balaban J connectivity index is 1.55. The van der Waals surface area contributed by atoms with Crippen LogP contribution in [0.15, 0.2) is 64.0 Å². The van der Waals surface area contributed by atoms with E-state index in [0.29, 0.717) is 41.2 Å². The van der Waals surface area contributed by atoms with Gasteiger partial charge in [0.1, 0.15) is 0 Å². The third-order valence-corrected chi connectivity index (χ3v) is 6.85. The molecule has 0 aliphatic carbocycles. The van der Waals surface area contributed by atoms with E-state index >= 15 is 0 Å². The van der Waals surface area contributed by atoms with Crippen molar-refractivity contribution in [2.75, 3.05) is 13.1 Å². The van der Waals surface area contributed by atoms with Crippen molar-refractivity contribution in [3.05, 3.63) is 54.6 Å². The molecule has 1 aliphatic heterocycles. The second-order valence-corrected chi connectivity index (χ2v) is 8.84. The van der Waals surface area contributed by atoms with Crippen molar-refractivity contribution in [3.8, 4) is 22.8 Å². The molecule has 7 heteroatoms. The molecule has 140 valence electrons. The van der Waals surface area contributed by atoms with E-state index in [9.17, 15) is 8.42 Å². The van der Waals surface area contributed by atoms with E-state index in [1.807, 2.05) is 30.3 Å². The van der Waals surface area contributed by atoms with Crippen LogP contribution in [0.4, 0.5) is 0 Å². The summed E-state index contributed by atoms with van der Waals surface area (Å²) < 4.78 is 32.5. The Morgan fingerprint density at radius 1 is 0.963 bits per heavy atom. The lowest BCUT2D eigenvalue weighted by Gasteiger charge is -2.29. The van der Waals surface area contributed by atoms with Crippen LogP contribution in [-0.2, 0) is 10.0 Å². The Morgan fingerprint density at radius 3 is 2.30 bits per heavy atom. The second-order valence-electron chi connectivity index (χ2n) is 6.90. The number of piperidine rings is 1. The number of hydrogen-bond donors (Lipinski definition) is 0. The minimum atomic E-state index is -3.45.